The molecule has 5 aromatic rings. The number of ether oxygens (including phenoxy) is 1. The lowest BCUT2D eigenvalue weighted by molar-refractivity contribution is 0.194. The fourth-order valence-corrected chi connectivity index (χ4v) is 5.59. The summed E-state index contributed by atoms with van der Waals surface area (Å²) in [5.74, 6) is 1.87. The number of H-pyrrole nitrogens is 1. The number of aromatic amines is 1. The maximum absolute atomic E-state index is 14.5. The first-order valence-electron chi connectivity index (χ1n) is 11.6. The number of imidazole rings is 1. The van der Waals surface area contributed by atoms with Crippen LogP contribution in [0.5, 0.6) is 11.8 Å². The highest BCUT2D eigenvalue weighted by molar-refractivity contribution is 6.14. The topological polar surface area (TPSA) is 123 Å². The first-order valence-corrected chi connectivity index (χ1v) is 11.6. The van der Waals surface area contributed by atoms with Gasteiger partial charge in [-0.2, -0.15) is 9.97 Å². The van der Waals surface area contributed by atoms with Crippen molar-refractivity contribution in [3.63, 3.8) is 0 Å². The zero-order valence-corrected chi connectivity index (χ0v) is 19.3. The van der Waals surface area contributed by atoms with Crippen molar-refractivity contribution in [1.82, 2.24) is 29.5 Å². The van der Waals surface area contributed by atoms with Gasteiger partial charge in [0.2, 0.25) is 0 Å². The van der Waals surface area contributed by atoms with Crippen LogP contribution in [0.25, 0.3) is 33.1 Å². The summed E-state index contributed by atoms with van der Waals surface area (Å²) in [5.41, 5.74) is 9.74. The average Bonchev–Trinajstić information content (AvgIpc) is 3.51. The minimum atomic E-state index is -0.327. The van der Waals surface area contributed by atoms with E-state index in [-0.39, 0.29) is 17.9 Å². The second kappa shape index (κ2) is 7.25. The van der Waals surface area contributed by atoms with Crippen LogP contribution in [0.2, 0.25) is 0 Å². The zero-order chi connectivity index (χ0) is 23.8. The highest BCUT2D eigenvalue weighted by atomic mass is 19.1. The lowest BCUT2D eigenvalue weighted by Gasteiger charge is -2.36. The molecule has 0 bridgehead atoms. The van der Waals surface area contributed by atoms with Gasteiger partial charge in [0.15, 0.2) is 11.4 Å². The van der Waals surface area contributed by atoms with E-state index in [0.717, 1.165) is 52.8 Å². The molecular weight excluding hydrogens is 449 g/mol. The third-order valence-electron chi connectivity index (χ3n) is 7.41. The molecule has 2 unspecified atom stereocenters. The summed E-state index contributed by atoms with van der Waals surface area (Å²) in [7, 11) is 3.65. The second-order valence-corrected chi connectivity index (χ2v) is 9.50. The molecule has 1 aliphatic heterocycles. The molecule has 7 rings (SSSR count). The van der Waals surface area contributed by atoms with Crippen LogP contribution < -0.4 is 20.7 Å². The Kier molecular flexibility index (Phi) is 4.23. The Morgan fingerprint density at radius 2 is 2.09 bits per heavy atom. The van der Waals surface area contributed by atoms with E-state index >= 15 is 0 Å². The minimum Gasteiger partial charge on any atom is -0.422 e. The van der Waals surface area contributed by atoms with Gasteiger partial charge in [-0.15, -0.1) is 0 Å². The van der Waals surface area contributed by atoms with E-state index in [2.05, 4.69) is 30.2 Å². The lowest BCUT2D eigenvalue weighted by atomic mass is 9.72. The minimum absolute atomic E-state index is 0.186. The number of nitrogens with two attached hydrogens (primary N) is 1. The summed E-state index contributed by atoms with van der Waals surface area (Å²) in [6, 6.07) is 5.20. The third kappa shape index (κ3) is 3.04. The fraction of sp³-hybridized carbons (Fsp3) is 0.333. The molecule has 5 heterocycles. The Hall–Kier alpha value is -3.99. The summed E-state index contributed by atoms with van der Waals surface area (Å²) in [5, 5.41) is 4.57. The normalized spacial score (nSPS) is 21.6. The third-order valence-corrected chi connectivity index (χ3v) is 7.41. The number of hydrogen-bond donors (Lipinski definition) is 3. The molecule has 0 amide bonds. The van der Waals surface area contributed by atoms with Gasteiger partial charge in [-0.3, -0.25) is 0 Å². The van der Waals surface area contributed by atoms with Crippen molar-refractivity contribution in [3.8, 4) is 11.8 Å². The van der Waals surface area contributed by atoms with E-state index in [0.29, 0.717) is 28.9 Å². The molecule has 2 aliphatic rings. The van der Waals surface area contributed by atoms with Crippen molar-refractivity contribution in [2.75, 3.05) is 30.4 Å². The molecule has 4 aromatic heterocycles. The molecule has 1 aromatic carbocycles. The molecule has 1 aliphatic carbocycles. The van der Waals surface area contributed by atoms with Gasteiger partial charge >= 0.3 is 6.01 Å². The monoisotopic (exact) mass is 473 g/mol. The van der Waals surface area contributed by atoms with Crippen molar-refractivity contribution >= 4 is 44.6 Å². The highest BCUT2D eigenvalue weighted by Gasteiger charge is 2.46. The average molecular weight is 474 g/mol. The van der Waals surface area contributed by atoms with Crippen molar-refractivity contribution in [3.05, 3.63) is 36.5 Å². The Labute approximate surface area is 199 Å². The Bertz CT molecular complexity index is 1630. The van der Waals surface area contributed by atoms with Gasteiger partial charge in [0.05, 0.1) is 29.1 Å². The Morgan fingerprint density at radius 1 is 1.20 bits per heavy atom. The number of aryl methyl sites for hydroxylation is 1. The Morgan fingerprint density at radius 3 is 2.89 bits per heavy atom. The molecule has 4 N–H and O–H groups in total. The van der Waals surface area contributed by atoms with E-state index in [1.165, 1.54) is 12.1 Å². The summed E-state index contributed by atoms with van der Waals surface area (Å²) >= 11 is 0. The predicted octanol–water partition coefficient (Wildman–Crippen LogP) is 3.15. The van der Waals surface area contributed by atoms with E-state index < -0.39 is 0 Å². The van der Waals surface area contributed by atoms with Gasteiger partial charge in [-0.25, -0.2) is 14.4 Å². The molecule has 11 heteroatoms. The first kappa shape index (κ1) is 20.4. The summed E-state index contributed by atoms with van der Waals surface area (Å²) in [4.78, 5) is 23.9. The molecule has 1 saturated carbocycles. The number of hydrogen-bond acceptors (Lipinski definition) is 8. The van der Waals surface area contributed by atoms with E-state index in [9.17, 15) is 4.39 Å². The first-order chi connectivity index (χ1) is 17.0. The van der Waals surface area contributed by atoms with Crippen LogP contribution in [0.4, 0.5) is 15.9 Å². The van der Waals surface area contributed by atoms with Gasteiger partial charge < -0.3 is 30.2 Å². The van der Waals surface area contributed by atoms with Crippen molar-refractivity contribution in [2.45, 2.75) is 12.5 Å². The molecule has 3 atom stereocenters. The number of nitrogens with zero attached hydrogens (tertiary/aromatic N) is 6. The Balaban J connectivity index is 1.39. The second-order valence-electron chi connectivity index (χ2n) is 9.50. The SMILES string of the molecule is CNc1cc(F)cc2c1[nH]c1nc(Oc3cnc4c(c3)ncn4C)nc(N3CC4C[C@@H](N)C4C3)c12. The summed E-state index contributed by atoms with van der Waals surface area (Å²) < 4.78 is 22.4. The maximum Gasteiger partial charge on any atom is 0.326 e. The number of anilines is 2. The van der Waals surface area contributed by atoms with Gasteiger partial charge in [-0.05, 0) is 30.4 Å². The van der Waals surface area contributed by atoms with Gasteiger partial charge in [0.25, 0.3) is 0 Å². The number of fused-ring (bicyclic) bond motifs is 5. The van der Waals surface area contributed by atoms with Crippen LogP contribution in [0, 0.1) is 17.7 Å². The van der Waals surface area contributed by atoms with Crippen LogP contribution in [0.3, 0.4) is 0 Å². The molecule has 35 heavy (non-hydrogen) atoms. The number of aromatic nitrogens is 6. The smallest absolute Gasteiger partial charge is 0.326 e. The number of benzene rings is 1. The molecule has 0 radical (unpaired) electrons. The van der Waals surface area contributed by atoms with Crippen LogP contribution in [0.1, 0.15) is 6.42 Å². The summed E-state index contributed by atoms with van der Waals surface area (Å²) in [6.45, 7) is 1.66. The van der Waals surface area contributed by atoms with Gasteiger partial charge in [0, 0.05) is 44.7 Å². The van der Waals surface area contributed by atoms with Gasteiger partial charge in [0.1, 0.15) is 22.8 Å². The van der Waals surface area contributed by atoms with E-state index in [1.54, 1.807) is 19.6 Å². The summed E-state index contributed by atoms with van der Waals surface area (Å²) in [6.07, 6.45) is 4.35. The molecule has 178 valence electrons. The standard InChI is InChI=1S/C24H24FN9O/c1-27-17-5-12(25)4-14-19-21(30-20(14)17)31-24(32-23(19)34-8-11-3-16(26)15(11)9-34)35-13-6-18-22(28-7-13)33(2)10-29-18/h4-7,10-11,15-16,27H,3,8-9,26H2,1-2H3,(H,30,31,32)/t11?,15?,16-/m1/s1. The quantitative estimate of drug-likeness (QED) is 0.364. The van der Waals surface area contributed by atoms with Crippen LogP contribution >= 0.6 is 0 Å². The maximum atomic E-state index is 14.5. The predicted molar refractivity (Wildman–Crippen MR) is 131 cm³/mol. The molecule has 10 nitrogen and oxygen atoms in total. The van der Waals surface area contributed by atoms with Crippen molar-refractivity contribution < 1.29 is 9.13 Å². The van der Waals surface area contributed by atoms with E-state index in [4.69, 9.17) is 15.5 Å². The number of halogens is 1. The van der Waals surface area contributed by atoms with Crippen LogP contribution in [0.15, 0.2) is 30.7 Å². The zero-order valence-electron chi connectivity index (χ0n) is 19.3. The van der Waals surface area contributed by atoms with Gasteiger partial charge in [-0.1, -0.05) is 0 Å². The highest BCUT2D eigenvalue weighted by Crippen LogP contribution is 2.44. The number of nitrogens with one attached hydrogen (secondary N) is 2. The van der Waals surface area contributed by atoms with Crippen molar-refractivity contribution in [1.29, 1.82) is 0 Å². The largest absolute Gasteiger partial charge is 0.422 e. The van der Waals surface area contributed by atoms with Crippen LogP contribution in [-0.2, 0) is 7.05 Å². The molecular formula is C24H24FN9O. The fourth-order valence-electron chi connectivity index (χ4n) is 5.59. The van der Waals surface area contributed by atoms with E-state index in [1.807, 2.05) is 17.7 Å². The molecule has 1 saturated heterocycles. The molecule has 2 fully saturated rings. The number of rotatable bonds is 4. The molecule has 0 spiro atoms. The lowest BCUT2D eigenvalue weighted by Crippen LogP contribution is -2.46. The van der Waals surface area contributed by atoms with Crippen LogP contribution in [-0.4, -0.2) is 55.7 Å². The van der Waals surface area contributed by atoms with Crippen molar-refractivity contribution in [2.24, 2.45) is 24.6 Å². The number of pyridine rings is 1.